The SMILES string of the molecule is N#CCCCCn1cc(COCCCCCCOC(=O)c2ccc3c(c2)OCCOCCOCCOCCOCCOCCO3)nn1. The van der Waals surface area contributed by atoms with E-state index in [1.54, 1.807) is 22.9 Å². The van der Waals surface area contributed by atoms with Crippen molar-refractivity contribution >= 4 is 5.97 Å². The zero-order chi connectivity index (χ0) is 33.0. The van der Waals surface area contributed by atoms with Gasteiger partial charge in [-0.3, -0.25) is 4.68 Å². The van der Waals surface area contributed by atoms with Crippen LogP contribution in [-0.2, 0) is 46.3 Å². The van der Waals surface area contributed by atoms with Crippen molar-refractivity contribution in [1.82, 2.24) is 15.0 Å². The summed E-state index contributed by atoms with van der Waals surface area (Å²) in [6, 6.07) is 7.15. The minimum absolute atomic E-state index is 0.278. The van der Waals surface area contributed by atoms with Gasteiger partial charge >= 0.3 is 5.97 Å². The number of nitriles is 1. The topological polar surface area (TPSA) is 155 Å². The maximum atomic E-state index is 12.8. The molecule has 0 bridgehead atoms. The van der Waals surface area contributed by atoms with E-state index in [1.165, 1.54) is 0 Å². The average Bonchev–Trinajstić information content (AvgIpc) is 3.54. The van der Waals surface area contributed by atoms with Gasteiger partial charge in [0.25, 0.3) is 0 Å². The summed E-state index contributed by atoms with van der Waals surface area (Å²) in [5.74, 6) is 0.524. The average molecular weight is 663 g/mol. The number of unbranched alkanes of at least 4 members (excludes halogenated alkanes) is 5. The van der Waals surface area contributed by atoms with E-state index in [2.05, 4.69) is 16.4 Å². The normalized spacial score (nSPS) is 16.1. The lowest BCUT2D eigenvalue weighted by Gasteiger charge is -2.14. The lowest BCUT2D eigenvalue weighted by molar-refractivity contribution is -0.0134. The number of rotatable bonds is 14. The highest BCUT2D eigenvalue weighted by Gasteiger charge is 2.14. The molecule has 0 amide bonds. The van der Waals surface area contributed by atoms with Gasteiger partial charge in [-0.1, -0.05) is 11.6 Å². The van der Waals surface area contributed by atoms with Crippen LogP contribution < -0.4 is 9.47 Å². The second-order valence-corrected chi connectivity index (χ2v) is 10.6. The molecule has 0 spiro atoms. The van der Waals surface area contributed by atoms with Crippen LogP contribution in [0.1, 0.15) is 61.0 Å². The van der Waals surface area contributed by atoms with Crippen molar-refractivity contribution in [3.05, 3.63) is 35.7 Å². The van der Waals surface area contributed by atoms with Crippen LogP contribution >= 0.6 is 0 Å². The number of fused-ring (bicyclic) bond motifs is 1. The zero-order valence-corrected chi connectivity index (χ0v) is 27.4. The maximum Gasteiger partial charge on any atom is 0.338 e. The van der Waals surface area contributed by atoms with Gasteiger partial charge in [0, 0.05) is 19.6 Å². The molecule has 0 atom stereocenters. The number of carbonyl (C=O) groups excluding carboxylic acids is 1. The lowest BCUT2D eigenvalue weighted by atomic mass is 10.2. The molecule has 0 fully saturated rings. The Morgan fingerprint density at radius 2 is 1.34 bits per heavy atom. The number of ether oxygens (including phenoxy) is 9. The van der Waals surface area contributed by atoms with Crippen molar-refractivity contribution < 1.29 is 47.4 Å². The quantitative estimate of drug-likeness (QED) is 0.213. The van der Waals surface area contributed by atoms with E-state index in [0.717, 1.165) is 50.8 Å². The summed E-state index contributed by atoms with van der Waals surface area (Å²) in [4.78, 5) is 12.8. The number of aryl methyl sites for hydroxylation is 1. The Hall–Kier alpha value is -3.32. The van der Waals surface area contributed by atoms with Crippen molar-refractivity contribution in [3.63, 3.8) is 0 Å². The van der Waals surface area contributed by atoms with E-state index in [0.29, 0.717) is 116 Å². The van der Waals surface area contributed by atoms with Crippen LogP contribution in [0.3, 0.4) is 0 Å². The first-order valence-corrected chi connectivity index (χ1v) is 16.6. The molecule has 14 nitrogen and oxygen atoms in total. The number of aromatic nitrogens is 3. The third kappa shape index (κ3) is 18.0. The fraction of sp³-hybridized carbons (Fsp3) is 0.697. The smallest absolute Gasteiger partial charge is 0.338 e. The van der Waals surface area contributed by atoms with Crippen molar-refractivity contribution in [1.29, 1.82) is 5.26 Å². The maximum absolute atomic E-state index is 12.8. The highest BCUT2D eigenvalue weighted by Crippen LogP contribution is 2.29. The Morgan fingerprint density at radius 1 is 0.745 bits per heavy atom. The Bertz CT molecular complexity index is 1140. The molecule has 0 radical (unpaired) electrons. The Kier molecular flexibility index (Phi) is 20.9. The van der Waals surface area contributed by atoms with Gasteiger partial charge in [0.1, 0.15) is 18.9 Å². The number of nitrogens with zero attached hydrogens (tertiary/aromatic N) is 4. The van der Waals surface area contributed by atoms with E-state index >= 15 is 0 Å². The van der Waals surface area contributed by atoms with Crippen molar-refractivity contribution in [3.8, 4) is 17.6 Å². The molecule has 0 N–H and O–H groups in total. The summed E-state index contributed by atoms with van der Waals surface area (Å²) in [5, 5.41) is 16.8. The molecular weight excluding hydrogens is 612 g/mol. The van der Waals surface area contributed by atoms with E-state index in [9.17, 15) is 4.79 Å². The van der Waals surface area contributed by atoms with Crippen molar-refractivity contribution in [2.45, 2.75) is 58.1 Å². The molecule has 3 rings (SSSR count). The molecule has 0 saturated carbocycles. The van der Waals surface area contributed by atoms with Gasteiger partial charge in [-0.05, 0) is 50.3 Å². The second-order valence-electron chi connectivity index (χ2n) is 10.6. The molecule has 1 aromatic heterocycles. The molecule has 0 aliphatic carbocycles. The molecule has 0 saturated heterocycles. The minimum atomic E-state index is -0.416. The molecule has 14 heteroatoms. The highest BCUT2D eigenvalue weighted by molar-refractivity contribution is 5.90. The van der Waals surface area contributed by atoms with Crippen LogP contribution in [0.15, 0.2) is 24.4 Å². The van der Waals surface area contributed by atoms with E-state index in [-0.39, 0.29) is 6.61 Å². The third-order valence-corrected chi connectivity index (χ3v) is 6.82. The summed E-state index contributed by atoms with van der Waals surface area (Å²) in [7, 11) is 0. The van der Waals surface area contributed by atoms with Crippen LogP contribution in [-0.4, -0.2) is 113 Å². The molecule has 1 aliphatic rings. The zero-order valence-electron chi connectivity index (χ0n) is 27.4. The molecule has 1 aromatic carbocycles. The van der Waals surface area contributed by atoms with Crippen LogP contribution in [0.2, 0.25) is 0 Å². The second kappa shape index (κ2) is 25.7. The standard InChI is InChI=1S/C33H50N4O10/c34-10-4-3-5-11-37-27-30(35-36-37)28-44-12-6-1-2-7-13-47-33(38)29-8-9-31-32(26-29)46-25-23-43-21-19-41-17-15-39-14-16-40-18-20-42-22-24-45-31/h8-9,26-27H,1-7,11-25,28H2. The van der Waals surface area contributed by atoms with Gasteiger partial charge in [-0.25, -0.2) is 4.79 Å². The number of esters is 1. The van der Waals surface area contributed by atoms with E-state index < -0.39 is 5.97 Å². The van der Waals surface area contributed by atoms with Crippen LogP contribution in [0, 0.1) is 11.3 Å². The Balaban J connectivity index is 1.31. The molecule has 0 unspecified atom stereocenters. The summed E-state index contributed by atoms with van der Waals surface area (Å²) < 4.78 is 52.4. The predicted octanol–water partition coefficient (Wildman–Crippen LogP) is 3.76. The lowest BCUT2D eigenvalue weighted by Crippen LogP contribution is -2.14. The number of carbonyl (C=O) groups is 1. The fourth-order valence-electron chi connectivity index (χ4n) is 4.35. The minimum Gasteiger partial charge on any atom is -0.487 e. The van der Waals surface area contributed by atoms with Gasteiger partial charge in [0.15, 0.2) is 11.5 Å². The van der Waals surface area contributed by atoms with Crippen LogP contribution in [0.4, 0.5) is 0 Å². The highest BCUT2D eigenvalue weighted by atomic mass is 16.6. The third-order valence-electron chi connectivity index (χ3n) is 6.82. The monoisotopic (exact) mass is 662 g/mol. The fourth-order valence-corrected chi connectivity index (χ4v) is 4.35. The Labute approximate surface area is 277 Å². The first-order chi connectivity index (χ1) is 23.3. The van der Waals surface area contributed by atoms with E-state index in [4.69, 9.17) is 47.9 Å². The van der Waals surface area contributed by atoms with Crippen LogP contribution in [0.5, 0.6) is 11.5 Å². The van der Waals surface area contributed by atoms with Crippen LogP contribution in [0.25, 0.3) is 0 Å². The number of benzene rings is 1. The predicted molar refractivity (Wildman–Crippen MR) is 169 cm³/mol. The summed E-state index contributed by atoms with van der Waals surface area (Å²) in [6.45, 7) is 7.25. The summed E-state index contributed by atoms with van der Waals surface area (Å²) in [6.07, 6.45) is 7.76. The van der Waals surface area contributed by atoms with Crippen molar-refractivity contribution in [2.75, 3.05) is 92.5 Å². The number of hydrogen-bond donors (Lipinski definition) is 0. The van der Waals surface area contributed by atoms with Gasteiger partial charge in [0.2, 0.25) is 0 Å². The molecular formula is C33H50N4O10. The molecule has 1 aliphatic heterocycles. The number of hydrogen-bond acceptors (Lipinski definition) is 13. The Morgan fingerprint density at radius 3 is 1.98 bits per heavy atom. The van der Waals surface area contributed by atoms with E-state index in [1.807, 2.05) is 6.20 Å². The summed E-state index contributed by atoms with van der Waals surface area (Å²) in [5.41, 5.74) is 1.18. The first kappa shape index (κ1) is 38.1. The largest absolute Gasteiger partial charge is 0.487 e. The van der Waals surface area contributed by atoms with Crippen molar-refractivity contribution in [2.24, 2.45) is 0 Å². The molecule has 2 aromatic rings. The summed E-state index contributed by atoms with van der Waals surface area (Å²) >= 11 is 0. The molecule has 2 heterocycles. The first-order valence-electron chi connectivity index (χ1n) is 16.6. The van der Waals surface area contributed by atoms with Gasteiger partial charge < -0.3 is 42.6 Å². The van der Waals surface area contributed by atoms with Gasteiger partial charge in [-0.15, -0.1) is 5.10 Å². The van der Waals surface area contributed by atoms with Gasteiger partial charge in [-0.2, -0.15) is 5.26 Å². The molecule has 47 heavy (non-hydrogen) atoms. The molecule has 262 valence electrons. The van der Waals surface area contributed by atoms with Gasteiger partial charge in [0.05, 0.1) is 97.1 Å².